The summed E-state index contributed by atoms with van der Waals surface area (Å²) in [5.74, 6) is 0. The first-order chi connectivity index (χ1) is 13.0. The van der Waals surface area contributed by atoms with Crippen LogP contribution in [0.5, 0.6) is 0 Å². The molecule has 0 spiro atoms. The highest BCUT2D eigenvalue weighted by atomic mass is 16.3. The van der Waals surface area contributed by atoms with Crippen molar-refractivity contribution in [2.45, 2.75) is 51.3 Å². The predicted molar refractivity (Wildman–Crippen MR) is 112 cm³/mol. The Hall–Kier alpha value is -2.52. The van der Waals surface area contributed by atoms with E-state index in [4.69, 9.17) is 0 Å². The number of fused-ring (bicyclic) bond motifs is 1. The third kappa shape index (κ3) is 6.00. The fourth-order valence-corrected chi connectivity index (χ4v) is 3.13. The van der Waals surface area contributed by atoms with E-state index in [0.29, 0.717) is 6.42 Å². The number of aryl methyl sites for hydroxylation is 2. The molecule has 1 N–H and O–H groups in total. The van der Waals surface area contributed by atoms with Gasteiger partial charge in [0.05, 0.1) is 6.04 Å². The SMILES string of the molecule is CC(CCc1ccc2ccccc2c1)N=NC(C)(O)CCc1ccccc1. The molecule has 3 aromatic carbocycles. The standard InChI is InChI=1S/C24H28N2O/c1-19(12-13-21-14-15-22-10-6-7-11-23(22)18-21)25-26-24(2,27)17-16-20-8-4-3-5-9-20/h3-11,14-15,18-19,27H,12-13,16-17H2,1-2H3. The molecule has 0 heterocycles. The average molecular weight is 361 g/mol. The van der Waals surface area contributed by atoms with Crippen molar-refractivity contribution in [3.8, 4) is 0 Å². The molecule has 0 aliphatic heterocycles. The monoisotopic (exact) mass is 360 g/mol. The van der Waals surface area contributed by atoms with Gasteiger partial charge in [0.25, 0.3) is 0 Å². The average Bonchev–Trinajstić information content (AvgIpc) is 2.70. The van der Waals surface area contributed by atoms with Crippen LogP contribution in [0.4, 0.5) is 0 Å². The Morgan fingerprint density at radius 1 is 0.852 bits per heavy atom. The van der Waals surface area contributed by atoms with Gasteiger partial charge in [-0.05, 0) is 55.0 Å². The maximum Gasteiger partial charge on any atom is 0.173 e. The summed E-state index contributed by atoms with van der Waals surface area (Å²) < 4.78 is 0. The third-order valence-corrected chi connectivity index (χ3v) is 4.87. The van der Waals surface area contributed by atoms with E-state index >= 15 is 0 Å². The molecule has 140 valence electrons. The van der Waals surface area contributed by atoms with Crippen LogP contribution in [-0.2, 0) is 12.8 Å². The van der Waals surface area contributed by atoms with Crippen LogP contribution in [0.2, 0.25) is 0 Å². The summed E-state index contributed by atoms with van der Waals surface area (Å²) in [6.07, 6.45) is 3.23. The van der Waals surface area contributed by atoms with E-state index in [1.54, 1.807) is 6.92 Å². The minimum Gasteiger partial charge on any atom is -0.368 e. The maximum atomic E-state index is 10.5. The number of hydrogen-bond acceptors (Lipinski definition) is 3. The van der Waals surface area contributed by atoms with Crippen molar-refractivity contribution in [3.05, 3.63) is 83.9 Å². The molecule has 0 bridgehead atoms. The Morgan fingerprint density at radius 3 is 2.33 bits per heavy atom. The molecule has 2 unspecified atom stereocenters. The minimum atomic E-state index is -1.12. The largest absolute Gasteiger partial charge is 0.368 e. The zero-order chi connectivity index (χ0) is 19.1. The van der Waals surface area contributed by atoms with Crippen LogP contribution in [-0.4, -0.2) is 16.9 Å². The van der Waals surface area contributed by atoms with Gasteiger partial charge in [-0.3, -0.25) is 0 Å². The number of rotatable bonds is 8. The van der Waals surface area contributed by atoms with Crippen LogP contribution in [0, 0.1) is 0 Å². The van der Waals surface area contributed by atoms with Crippen molar-refractivity contribution >= 4 is 10.8 Å². The van der Waals surface area contributed by atoms with E-state index in [9.17, 15) is 5.11 Å². The molecule has 3 heteroatoms. The van der Waals surface area contributed by atoms with Crippen molar-refractivity contribution in [2.24, 2.45) is 10.2 Å². The van der Waals surface area contributed by atoms with Crippen molar-refractivity contribution in [1.29, 1.82) is 0 Å². The quantitative estimate of drug-likeness (QED) is 0.495. The highest BCUT2D eigenvalue weighted by molar-refractivity contribution is 5.82. The van der Waals surface area contributed by atoms with Gasteiger partial charge < -0.3 is 5.11 Å². The first-order valence-electron chi connectivity index (χ1n) is 9.68. The first-order valence-corrected chi connectivity index (χ1v) is 9.68. The molecule has 3 aromatic rings. The lowest BCUT2D eigenvalue weighted by Gasteiger charge is -2.17. The van der Waals surface area contributed by atoms with E-state index in [1.807, 2.05) is 18.2 Å². The van der Waals surface area contributed by atoms with Crippen LogP contribution in [0.15, 0.2) is 83.0 Å². The third-order valence-electron chi connectivity index (χ3n) is 4.87. The summed E-state index contributed by atoms with van der Waals surface area (Å²) in [6, 6.07) is 25.3. The second-order valence-corrected chi connectivity index (χ2v) is 7.49. The highest BCUT2D eigenvalue weighted by Crippen LogP contribution is 2.19. The van der Waals surface area contributed by atoms with Crippen LogP contribution < -0.4 is 0 Å². The smallest absolute Gasteiger partial charge is 0.173 e. The van der Waals surface area contributed by atoms with E-state index in [-0.39, 0.29) is 6.04 Å². The fourth-order valence-electron chi connectivity index (χ4n) is 3.13. The van der Waals surface area contributed by atoms with Gasteiger partial charge in [0, 0.05) is 6.42 Å². The summed E-state index contributed by atoms with van der Waals surface area (Å²) >= 11 is 0. The van der Waals surface area contributed by atoms with Gasteiger partial charge in [-0.15, -0.1) is 0 Å². The lowest BCUT2D eigenvalue weighted by atomic mass is 10.0. The second kappa shape index (κ2) is 8.92. The van der Waals surface area contributed by atoms with Crippen LogP contribution in [0.1, 0.15) is 37.8 Å². The Bertz CT molecular complexity index is 887. The van der Waals surface area contributed by atoms with Gasteiger partial charge in [-0.1, -0.05) is 72.8 Å². The van der Waals surface area contributed by atoms with Crippen molar-refractivity contribution < 1.29 is 5.11 Å². The van der Waals surface area contributed by atoms with Crippen LogP contribution in [0.25, 0.3) is 10.8 Å². The lowest BCUT2D eigenvalue weighted by Crippen LogP contribution is -2.22. The molecule has 0 fully saturated rings. The van der Waals surface area contributed by atoms with E-state index in [1.165, 1.54) is 21.9 Å². The summed E-state index contributed by atoms with van der Waals surface area (Å²) in [6.45, 7) is 3.79. The first kappa shape index (κ1) is 19.2. The molecule has 0 aliphatic rings. The van der Waals surface area contributed by atoms with E-state index in [2.05, 4.69) is 71.7 Å². The molecule has 3 rings (SSSR count). The summed E-state index contributed by atoms with van der Waals surface area (Å²) in [7, 11) is 0. The van der Waals surface area contributed by atoms with Crippen molar-refractivity contribution in [2.75, 3.05) is 0 Å². The molecule has 0 aliphatic carbocycles. The molecule has 2 atom stereocenters. The normalized spacial score (nSPS) is 15.1. The Balaban J connectivity index is 1.50. The molecular formula is C24H28N2O. The molecule has 3 nitrogen and oxygen atoms in total. The van der Waals surface area contributed by atoms with Crippen molar-refractivity contribution in [3.63, 3.8) is 0 Å². The molecule has 0 amide bonds. The minimum absolute atomic E-state index is 0.0830. The molecule has 0 radical (unpaired) electrons. The second-order valence-electron chi connectivity index (χ2n) is 7.49. The maximum absolute atomic E-state index is 10.5. The van der Waals surface area contributed by atoms with Crippen molar-refractivity contribution in [1.82, 2.24) is 0 Å². The zero-order valence-corrected chi connectivity index (χ0v) is 16.2. The number of aliphatic hydroxyl groups is 1. The number of hydrogen-bond donors (Lipinski definition) is 1. The fraction of sp³-hybridized carbons (Fsp3) is 0.333. The predicted octanol–water partition coefficient (Wildman–Crippen LogP) is 5.95. The number of benzene rings is 3. The van der Waals surface area contributed by atoms with Gasteiger partial charge >= 0.3 is 0 Å². The van der Waals surface area contributed by atoms with Gasteiger partial charge in [-0.25, -0.2) is 0 Å². The summed E-state index contributed by atoms with van der Waals surface area (Å²) in [5, 5.41) is 21.6. The Morgan fingerprint density at radius 2 is 1.56 bits per heavy atom. The molecular weight excluding hydrogens is 332 g/mol. The van der Waals surface area contributed by atoms with Crippen LogP contribution in [0.3, 0.4) is 0 Å². The van der Waals surface area contributed by atoms with E-state index < -0.39 is 5.72 Å². The number of nitrogens with zero attached hydrogens (tertiary/aromatic N) is 2. The molecule has 0 saturated carbocycles. The lowest BCUT2D eigenvalue weighted by molar-refractivity contribution is 0.0512. The van der Waals surface area contributed by atoms with Gasteiger partial charge in [0.1, 0.15) is 0 Å². The molecule has 0 aromatic heterocycles. The topological polar surface area (TPSA) is 45.0 Å². The van der Waals surface area contributed by atoms with Crippen LogP contribution >= 0.6 is 0 Å². The molecule has 27 heavy (non-hydrogen) atoms. The van der Waals surface area contributed by atoms with Gasteiger partial charge in [0.15, 0.2) is 5.72 Å². The van der Waals surface area contributed by atoms with Gasteiger partial charge in [-0.2, -0.15) is 10.2 Å². The van der Waals surface area contributed by atoms with E-state index in [0.717, 1.165) is 19.3 Å². The summed E-state index contributed by atoms with van der Waals surface area (Å²) in [5.41, 5.74) is 1.40. The summed E-state index contributed by atoms with van der Waals surface area (Å²) in [4.78, 5) is 0. The number of azo groups is 1. The van der Waals surface area contributed by atoms with Gasteiger partial charge in [0.2, 0.25) is 0 Å². The Kier molecular flexibility index (Phi) is 6.36. The zero-order valence-electron chi connectivity index (χ0n) is 16.2. The molecule has 0 saturated heterocycles. The Labute approximate surface area is 161 Å². The highest BCUT2D eigenvalue weighted by Gasteiger charge is 2.19.